The first-order valence-electron chi connectivity index (χ1n) is 8.41. The molecular formula is C18H21FN4OS. The summed E-state index contributed by atoms with van der Waals surface area (Å²) in [7, 11) is 0. The van der Waals surface area contributed by atoms with Crippen molar-refractivity contribution >= 4 is 17.7 Å². The zero-order valence-corrected chi connectivity index (χ0v) is 14.8. The van der Waals surface area contributed by atoms with Crippen molar-refractivity contribution in [1.29, 1.82) is 0 Å². The molecule has 0 unspecified atom stereocenters. The van der Waals surface area contributed by atoms with Gasteiger partial charge in [-0.2, -0.15) is 0 Å². The van der Waals surface area contributed by atoms with E-state index in [1.165, 1.54) is 17.8 Å². The van der Waals surface area contributed by atoms with Crippen molar-refractivity contribution < 1.29 is 9.18 Å². The van der Waals surface area contributed by atoms with E-state index in [-0.39, 0.29) is 23.5 Å². The van der Waals surface area contributed by atoms with Gasteiger partial charge in [-0.15, -0.1) is 16.8 Å². The first-order valence-corrected chi connectivity index (χ1v) is 9.39. The fourth-order valence-electron chi connectivity index (χ4n) is 3.06. The lowest BCUT2D eigenvalue weighted by atomic mass is 10.1. The van der Waals surface area contributed by atoms with Gasteiger partial charge in [0.2, 0.25) is 5.91 Å². The van der Waals surface area contributed by atoms with Crippen LogP contribution in [0.5, 0.6) is 0 Å². The fraction of sp³-hybridized carbons (Fsp3) is 0.389. The Kier molecular flexibility index (Phi) is 5.86. The third-order valence-corrected chi connectivity index (χ3v) is 5.19. The first-order chi connectivity index (χ1) is 12.2. The fourth-order valence-corrected chi connectivity index (χ4v) is 3.90. The number of aromatic nitrogens is 3. The third-order valence-electron chi connectivity index (χ3n) is 4.25. The van der Waals surface area contributed by atoms with Crippen LogP contribution in [0, 0.1) is 5.82 Å². The molecule has 1 heterocycles. The number of carbonyl (C=O) groups excluding carboxylic acids is 1. The Balaban J connectivity index is 1.87. The molecule has 7 heteroatoms. The summed E-state index contributed by atoms with van der Waals surface area (Å²) in [5.74, 6) is 0.391. The maximum absolute atomic E-state index is 14.2. The number of amides is 1. The van der Waals surface area contributed by atoms with Gasteiger partial charge in [-0.3, -0.25) is 9.36 Å². The zero-order valence-electron chi connectivity index (χ0n) is 13.9. The van der Waals surface area contributed by atoms with E-state index in [1.54, 1.807) is 24.3 Å². The van der Waals surface area contributed by atoms with E-state index in [2.05, 4.69) is 22.1 Å². The third kappa shape index (κ3) is 4.10. The SMILES string of the molecule is C=CCNC(=O)CSc1nnc(-c2ccccc2F)n1C1CCCC1. The van der Waals surface area contributed by atoms with E-state index >= 15 is 0 Å². The molecule has 5 nitrogen and oxygen atoms in total. The van der Waals surface area contributed by atoms with Gasteiger partial charge in [-0.05, 0) is 25.0 Å². The summed E-state index contributed by atoms with van der Waals surface area (Å²) >= 11 is 1.33. The highest BCUT2D eigenvalue weighted by molar-refractivity contribution is 7.99. The number of rotatable bonds is 7. The lowest BCUT2D eigenvalue weighted by Crippen LogP contribution is -2.25. The second kappa shape index (κ2) is 8.29. The maximum Gasteiger partial charge on any atom is 0.230 e. The molecule has 2 aromatic rings. The quantitative estimate of drug-likeness (QED) is 0.605. The molecular weight excluding hydrogens is 339 g/mol. The molecule has 1 saturated carbocycles. The number of nitrogens with one attached hydrogen (secondary N) is 1. The largest absolute Gasteiger partial charge is 0.352 e. The predicted octanol–water partition coefficient (Wildman–Crippen LogP) is 3.59. The van der Waals surface area contributed by atoms with E-state index in [4.69, 9.17) is 0 Å². The summed E-state index contributed by atoms with van der Waals surface area (Å²) in [5, 5.41) is 11.9. The van der Waals surface area contributed by atoms with E-state index in [0.717, 1.165) is 25.7 Å². The summed E-state index contributed by atoms with van der Waals surface area (Å²) in [6.45, 7) is 4.02. The van der Waals surface area contributed by atoms with Crippen LogP contribution in [0.2, 0.25) is 0 Å². The van der Waals surface area contributed by atoms with Gasteiger partial charge in [-0.1, -0.05) is 42.8 Å². The van der Waals surface area contributed by atoms with Crippen molar-refractivity contribution in [2.24, 2.45) is 0 Å². The highest BCUT2D eigenvalue weighted by atomic mass is 32.2. The van der Waals surface area contributed by atoms with Crippen molar-refractivity contribution in [1.82, 2.24) is 20.1 Å². The molecule has 1 aromatic carbocycles. The van der Waals surface area contributed by atoms with Gasteiger partial charge in [0.1, 0.15) is 5.82 Å². The molecule has 0 atom stereocenters. The monoisotopic (exact) mass is 360 g/mol. The number of halogens is 1. The Morgan fingerprint density at radius 1 is 1.36 bits per heavy atom. The molecule has 0 spiro atoms. The molecule has 3 rings (SSSR count). The molecule has 0 aliphatic heterocycles. The summed E-state index contributed by atoms with van der Waals surface area (Å²) < 4.78 is 16.3. The second-order valence-corrected chi connectivity index (χ2v) is 6.92. The van der Waals surface area contributed by atoms with Crippen LogP contribution < -0.4 is 5.32 Å². The molecule has 1 aromatic heterocycles. The van der Waals surface area contributed by atoms with Gasteiger partial charge in [-0.25, -0.2) is 4.39 Å². The summed E-state index contributed by atoms with van der Waals surface area (Å²) in [6, 6.07) is 6.86. The van der Waals surface area contributed by atoms with E-state index in [1.807, 2.05) is 4.57 Å². The summed E-state index contributed by atoms with van der Waals surface area (Å²) in [5.41, 5.74) is 0.449. The van der Waals surface area contributed by atoms with Crippen molar-refractivity contribution in [2.45, 2.75) is 36.9 Å². The number of thioether (sulfide) groups is 1. The molecule has 1 fully saturated rings. The minimum Gasteiger partial charge on any atom is -0.352 e. The standard InChI is InChI=1S/C18H21FN4OS/c1-2-11-20-16(24)12-25-18-22-21-17(14-9-5-6-10-15(14)19)23(18)13-7-3-4-8-13/h2,5-6,9-10,13H,1,3-4,7-8,11-12H2,(H,20,24). The van der Waals surface area contributed by atoms with Gasteiger partial charge in [0.25, 0.3) is 0 Å². The highest BCUT2D eigenvalue weighted by Gasteiger charge is 2.26. The van der Waals surface area contributed by atoms with Crippen molar-refractivity contribution in [3.63, 3.8) is 0 Å². The Bertz CT molecular complexity index is 755. The van der Waals surface area contributed by atoms with Crippen LogP contribution in [-0.4, -0.2) is 33.0 Å². The van der Waals surface area contributed by atoms with Crippen LogP contribution in [0.25, 0.3) is 11.4 Å². The normalized spacial score (nSPS) is 14.6. The summed E-state index contributed by atoms with van der Waals surface area (Å²) in [6.07, 6.45) is 5.97. The topological polar surface area (TPSA) is 59.8 Å². The number of carbonyl (C=O) groups is 1. The van der Waals surface area contributed by atoms with Crippen molar-refractivity contribution in [3.05, 3.63) is 42.7 Å². The van der Waals surface area contributed by atoms with Gasteiger partial charge >= 0.3 is 0 Å². The highest BCUT2D eigenvalue weighted by Crippen LogP contribution is 2.37. The maximum atomic E-state index is 14.2. The minimum atomic E-state index is -0.311. The van der Waals surface area contributed by atoms with Gasteiger partial charge in [0.05, 0.1) is 11.3 Å². The average molecular weight is 360 g/mol. The van der Waals surface area contributed by atoms with E-state index < -0.39 is 0 Å². The van der Waals surface area contributed by atoms with E-state index in [9.17, 15) is 9.18 Å². The van der Waals surface area contributed by atoms with Crippen molar-refractivity contribution in [2.75, 3.05) is 12.3 Å². The molecule has 0 saturated heterocycles. The molecule has 0 bridgehead atoms. The number of nitrogens with zero attached hydrogens (tertiary/aromatic N) is 3. The molecule has 132 valence electrons. The Hall–Kier alpha value is -2.15. The van der Waals surface area contributed by atoms with Gasteiger partial charge < -0.3 is 5.32 Å². The molecule has 0 radical (unpaired) electrons. The Morgan fingerprint density at radius 2 is 2.12 bits per heavy atom. The molecule has 25 heavy (non-hydrogen) atoms. The number of hydrogen-bond acceptors (Lipinski definition) is 4. The summed E-state index contributed by atoms with van der Waals surface area (Å²) in [4.78, 5) is 11.8. The number of hydrogen-bond donors (Lipinski definition) is 1. The van der Waals surface area contributed by atoms with Crippen molar-refractivity contribution in [3.8, 4) is 11.4 Å². The van der Waals surface area contributed by atoms with Crippen LogP contribution in [0.15, 0.2) is 42.1 Å². The molecule has 1 N–H and O–H groups in total. The minimum absolute atomic E-state index is 0.0849. The predicted molar refractivity (Wildman–Crippen MR) is 96.9 cm³/mol. The van der Waals surface area contributed by atoms with Crippen LogP contribution in [-0.2, 0) is 4.79 Å². The van der Waals surface area contributed by atoms with Gasteiger partial charge in [0.15, 0.2) is 11.0 Å². The second-order valence-electron chi connectivity index (χ2n) is 5.98. The smallest absolute Gasteiger partial charge is 0.230 e. The van der Waals surface area contributed by atoms with Crippen LogP contribution in [0.4, 0.5) is 4.39 Å². The van der Waals surface area contributed by atoms with Crippen LogP contribution in [0.1, 0.15) is 31.7 Å². The van der Waals surface area contributed by atoms with Crippen LogP contribution in [0.3, 0.4) is 0 Å². The van der Waals surface area contributed by atoms with E-state index in [0.29, 0.717) is 23.1 Å². The molecule has 1 aliphatic rings. The average Bonchev–Trinajstić information content (AvgIpc) is 3.27. The van der Waals surface area contributed by atoms with Gasteiger partial charge in [0, 0.05) is 12.6 Å². The Morgan fingerprint density at radius 3 is 2.84 bits per heavy atom. The van der Waals surface area contributed by atoms with Crippen LogP contribution >= 0.6 is 11.8 Å². The zero-order chi connectivity index (χ0) is 17.6. The molecule has 1 aliphatic carbocycles. The Labute approximate surface area is 150 Å². The first kappa shape index (κ1) is 17.7. The molecule has 1 amide bonds. The lowest BCUT2D eigenvalue weighted by molar-refractivity contribution is -0.118. The lowest BCUT2D eigenvalue weighted by Gasteiger charge is -2.17. The number of benzene rings is 1.